The molecule has 2 unspecified atom stereocenters. The largest absolute Gasteiger partial charge is 0.469 e. The molecule has 2 aliphatic carbocycles. The van der Waals surface area contributed by atoms with Gasteiger partial charge in [-0.1, -0.05) is 12.8 Å². The molecule has 1 aliphatic heterocycles. The first-order valence-corrected chi connectivity index (χ1v) is 9.63. The van der Waals surface area contributed by atoms with E-state index < -0.39 is 10.8 Å². The molecule has 1 spiro atoms. The fraction of sp³-hybridized carbons (Fsp3) is 0.938. The summed E-state index contributed by atoms with van der Waals surface area (Å²) in [5, 5.41) is 0. The molecular formula is C16H26O4S. The third-order valence-electron chi connectivity index (χ3n) is 5.40. The lowest BCUT2D eigenvalue weighted by atomic mass is 9.98. The van der Waals surface area contributed by atoms with Crippen molar-refractivity contribution in [2.75, 3.05) is 18.6 Å². The van der Waals surface area contributed by atoms with Crippen molar-refractivity contribution in [1.29, 1.82) is 0 Å². The lowest BCUT2D eigenvalue weighted by Crippen LogP contribution is -2.28. The zero-order valence-electron chi connectivity index (χ0n) is 12.9. The molecule has 21 heavy (non-hydrogen) atoms. The van der Waals surface area contributed by atoms with Gasteiger partial charge in [0.05, 0.1) is 25.2 Å². The molecule has 2 atom stereocenters. The molecule has 0 aromatic rings. The van der Waals surface area contributed by atoms with Crippen molar-refractivity contribution >= 4 is 16.8 Å². The van der Waals surface area contributed by atoms with E-state index >= 15 is 0 Å². The van der Waals surface area contributed by atoms with E-state index in [0.29, 0.717) is 17.9 Å². The number of esters is 1. The summed E-state index contributed by atoms with van der Waals surface area (Å²) in [6.07, 6.45) is 9.70. The van der Waals surface area contributed by atoms with Crippen molar-refractivity contribution in [1.82, 2.24) is 0 Å². The van der Waals surface area contributed by atoms with Crippen molar-refractivity contribution in [2.45, 2.75) is 69.5 Å². The second kappa shape index (κ2) is 5.99. The van der Waals surface area contributed by atoms with Crippen LogP contribution in [-0.2, 0) is 25.1 Å². The van der Waals surface area contributed by atoms with Crippen LogP contribution in [0.1, 0.15) is 57.8 Å². The fourth-order valence-electron chi connectivity index (χ4n) is 3.94. The Balaban J connectivity index is 1.46. The van der Waals surface area contributed by atoms with E-state index in [9.17, 15) is 9.00 Å². The normalized spacial score (nSPS) is 30.4. The average Bonchev–Trinajstić information content (AvgIpc) is 2.88. The Kier molecular flexibility index (Phi) is 4.42. The molecule has 1 heterocycles. The minimum Gasteiger partial charge on any atom is -0.469 e. The summed E-state index contributed by atoms with van der Waals surface area (Å²) in [6, 6.07) is 0. The molecule has 0 amide bonds. The van der Waals surface area contributed by atoms with E-state index in [0.717, 1.165) is 25.7 Å². The summed E-state index contributed by atoms with van der Waals surface area (Å²) in [7, 11) is 0.535. The quantitative estimate of drug-likeness (QED) is 0.707. The Morgan fingerprint density at radius 3 is 2.57 bits per heavy atom. The molecule has 0 N–H and O–H groups in total. The molecular weight excluding hydrogens is 288 g/mol. The molecule has 4 nitrogen and oxygen atoms in total. The summed E-state index contributed by atoms with van der Waals surface area (Å²) < 4.78 is 23.4. The van der Waals surface area contributed by atoms with E-state index in [2.05, 4.69) is 0 Å². The van der Waals surface area contributed by atoms with Gasteiger partial charge >= 0.3 is 5.97 Å². The number of hydrogen-bond acceptors (Lipinski definition) is 4. The van der Waals surface area contributed by atoms with Gasteiger partial charge in [0.2, 0.25) is 0 Å². The van der Waals surface area contributed by atoms with Gasteiger partial charge in [-0.3, -0.25) is 9.00 Å². The first-order valence-electron chi connectivity index (χ1n) is 8.15. The van der Waals surface area contributed by atoms with Crippen LogP contribution in [0.3, 0.4) is 0 Å². The zero-order chi connectivity index (χ0) is 14.9. The van der Waals surface area contributed by atoms with Gasteiger partial charge in [0.25, 0.3) is 0 Å². The fourth-order valence-corrected chi connectivity index (χ4v) is 5.78. The Morgan fingerprint density at radius 2 is 1.95 bits per heavy atom. The number of carbonyl (C=O) groups excluding carboxylic acids is 1. The summed E-state index contributed by atoms with van der Waals surface area (Å²) in [5.74, 6) is 1.10. The number of ether oxygens (including phenoxy) is 2. The third kappa shape index (κ3) is 3.67. The molecule has 3 rings (SSSR count). The van der Waals surface area contributed by atoms with Crippen molar-refractivity contribution in [3.8, 4) is 0 Å². The van der Waals surface area contributed by atoms with Crippen molar-refractivity contribution < 1.29 is 18.5 Å². The van der Waals surface area contributed by atoms with Gasteiger partial charge < -0.3 is 9.47 Å². The monoisotopic (exact) mass is 314 g/mol. The molecule has 5 heteroatoms. The zero-order valence-corrected chi connectivity index (χ0v) is 13.7. The molecule has 3 aliphatic rings. The number of hydrogen-bond donors (Lipinski definition) is 0. The number of rotatable bonds is 6. The van der Waals surface area contributed by atoms with E-state index in [4.69, 9.17) is 9.47 Å². The topological polar surface area (TPSA) is 52.6 Å². The summed E-state index contributed by atoms with van der Waals surface area (Å²) >= 11 is 0. The van der Waals surface area contributed by atoms with Crippen LogP contribution < -0.4 is 0 Å². The Bertz CT molecular complexity index is 424. The van der Waals surface area contributed by atoms with Crippen LogP contribution >= 0.6 is 0 Å². The highest BCUT2D eigenvalue weighted by molar-refractivity contribution is 7.85. The first kappa shape index (κ1) is 15.5. The van der Waals surface area contributed by atoms with Gasteiger partial charge in [0, 0.05) is 22.3 Å². The second-order valence-electron chi connectivity index (χ2n) is 7.17. The lowest BCUT2D eigenvalue weighted by molar-refractivity contribution is -0.141. The minimum atomic E-state index is -0.885. The highest BCUT2D eigenvalue weighted by Gasteiger charge is 2.47. The molecule has 120 valence electrons. The van der Waals surface area contributed by atoms with Crippen LogP contribution in [0.2, 0.25) is 0 Å². The van der Waals surface area contributed by atoms with Crippen molar-refractivity contribution in [2.24, 2.45) is 5.41 Å². The van der Waals surface area contributed by atoms with Crippen LogP contribution in [0.4, 0.5) is 0 Å². The van der Waals surface area contributed by atoms with E-state index in [1.165, 1.54) is 32.8 Å². The van der Waals surface area contributed by atoms with Crippen LogP contribution in [0, 0.1) is 5.41 Å². The van der Waals surface area contributed by atoms with Crippen LogP contribution in [0.15, 0.2) is 0 Å². The average molecular weight is 314 g/mol. The molecule has 3 fully saturated rings. The number of carbonyl (C=O) groups is 1. The molecule has 0 aromatic carbocycles. The van der Waals surface area contributed by atoms with Crippen molar-refractivity contribution in [3.63, 3.8) is 0 Å². The molecule has 0 radical (unpaired) electrons. The maximum absolute atomic E-state index is 12.4. The maximum Gasteiger partial charge on any atom is 0.306 e. The third-order valence-corrected chi connectivity index (χ3v) is 7.07. The predicted octanol–water partition coefficient (Wildman–Crippen LogP) is 2.57. The smallest absolute Gasteiger partial charge is 0.306 e. The van der Waals surface area contributed by atoms with Crippen LogP contribution in [0.5, 0.6) is 0 Å². The Hall–Kier alpha value is -0.420. The summed E-state index contributed by atoms with van der Waals surface area (Å²) in [4.78, 5) is 11.4. The molecule has 0 aromatic heterocycles. The minimum absolute atomic E-state index is 0.0401. The van der Waals surface area contributed by atoms with E-state index in [-0.39, 0.29) is 23.1 Å². The Morgan fingerprint density at radius 1 is 1.24 bits per heavy atom. The van der Waals surface area contributed by atoms with Gasteiger partial charge in [-0.05, 0) is 43.9 Å². The van der Waals surface area contributed by atoms with Crippen LogP contribution in [-0.4, -0.2) is 40.5 Å². The van der Waals surface area contributed by atoms with Gasteiger partial charge in [0.1, 0.15) is 0 Å². The van der Waals surface area contributed by atoms with Crippen LogP contribution in [0.25, 0.3) is 0 Å². The van der Waals surface area contributed by atoms with E-state index in [1.807, 2.05) is 0 Å². The highest BCUT2D eigenvalue weighted by Crippen LogP contribution is 2.50. The molecule has 1 saturated heterocycles. The maximum atomic E-state index is 12.4. The van der Waals surface area contributed by atoms with Gasteiger partial charge in [-0.2, -0.15) is 0 Å². The number of methoxy groups -OCH3 is 1. The first-order chi connectivity index (χ1) is 10.0. The van der Waals surface area contributed by atoms with Crippen molar-refractivity contribution in [3.05, 3.63) is 0 Å². The summed E-state index contributed by atoms with van der Waals surface area (Å²) in [6.45, 7) is 0. The summed E-state index contributed by atoms with van der Waals surface area (Å²) in [5.41, 5.74) is 0.0831. The standard InChI is InChI=1S/C16H26O4S/c1-19-14(17)10-15(8-9-15)12-21(18)11-13-4-7-16(20-13)5-2-3-6-16/h13H,2-12H2,1H3. The van der Waals surface area contributed by atoms with E-state index in [1.54, 1.807) is 0 Å². The van der Waals surface area contributed by atoms with Gasteiger partial charge in [0.15, 0.2) is 0 Å². The van der Waals surface area contributed by atoms with Gasteiger partial charge in [-0.25, -0.2) is 0 Å². The highest BCUT2D eigenvalue weighted by atomic mass is 32.2. The SMILES string of the molecule is COC(=O)CC1(CS(=O)CC2CCC3(CCCC3)O2)CC1. The second-order valence-corrected chi connectivity index (χ2v) is 8.67. The Labute approximate surface area is 129 Å². The molecule has 0 bridgehead atoms. The predicted molar refractivity (Wildman–Crippen MR) is 81.5 cm³/mol. The lowest BCUT2D eigenvalue weighted by Gasteiger charge is -2.24. The van der Waals surface area contributed by atoms with Gasteiger partial charge in [-0.15, -0.1) is 0 Å². The molecule has 2 saturated carbocycles.